The molecular formula is C25H35N7O2. The van der Waals surface area contributed by atoms with E-state index in [0.29, 0.717) is 38.1 Å². The molecule has 3 aliphatic rings. The Morgan fingerprint density at radius 2 is 2.09 bits per heavy atom. The van der Waals surface area contributed by atoms with Crippen LogP contribution in [0.1, 0.15) is 68.8 Å². The number of hydrogen-bond acceptors (Lipinski definition) is 7. The largest absolute Gasteiger partial charge is 0.370 e. The summed E-state index contributed by atoms with van der Waals surface area (Å²) >= 11 is 0. The van der Waals surface area contributed by atoms with Gasteiger partial charge in [-0.2, -0.15) is 0 Å². The van der Waals surface area contributed by atoms with Gasteiger partial charge < -0.3 is 19.9 Å². The van der Waals surface area contributed by atoms with Gasteiger partial charge in [0.15, 0.2) is 0 Å². The molecule has 1 N–H and O–H groups in total. The van der Waals surface area contributed by atoms with Crippen LogP contribution >= 0.6 is 0 Å². The Bertz CT molecular complexity index is 1080. The lowest BCUT2D eigenvalue weighted by atomic mass is 9.87. The van der Waals surface area contributed by atoms with Gasteiger partial charge >= 0.3 is 0 Å². The number of amides is 1. The number of piperazine rings is 1. The molecule has 0 aromatic carbocycles. The average molecular weight is 466 g/mol. The van der Waals surface area contributed by atoms with Crippen molar-refractivity contribution in [2.75, 3.05) is 24.5 Å². The zero-order valence-corrected chi connectivity index (χ0v) is 20.6. The third-order valence-corrected chi connectivity index (χ3v) is 7.36. The predicted octanol–water partition coefficient (Wildman–Crippen LogP) is 2.77. The first-order valence-electron chi connectivity index (χ1n) is 12.4. The quantitative estimate of drug-likeness (QED) is 0.659. The highest BCUT2D eigenvalue weighted by molar-refractivity contribution is 5.88. The van der Waals surface area contributed by atoms with Crippen molar-refractivity contribution >= 4 is 17.9 Å². The van der Waals surface area contributed by atoms with Crippen molar-refractivity contribution in [3.05, 3.63) is 34.8 Å². The lowest BCUT2D eigenvalue weighted by molar-refractivity contribution is -0.135. The minimum Gasteiger partial charge on any atom is -0.370 e. The molecule has 1 amide bonds. The van der Waals surface area contributed by atoms with Gasteiger partial charge in [0.05, 0.1) is 30.1 Å². The Hall–Kier alpha value is -2.81. The number of carbonyl (C=O) groups is 1. The van der Waals surface area contributed by atoms with E-state index in [-0.39, 0.29) is 24.1 Å². The van der Waals surface area contributed by atoms with Gasteiger partial charge in [0, 0.05) is 55.5 Å². The van der Waals surface area contributed by atoms with Crippen molar-refractivity contribution in [1.82, 2.24) is 24.9 Å². The molecular weight excluding hydrogens is 430 g/mol. The van der Waals surface area contributed by atoms with Gasteiger partial charge in [-0.05, 0) is 38.2 Å². The van der Waals surface area contributed by atoms with Gasteiger partial charge in [0.1, 0.15) is 12.4 Å². The molecule has 0 spiro atoms. The van der Waals surface area contributed by atoms with Crippen LogP contribution < -0.4 is 4.90 Å². The van der Waals surface area contributed by atoms with E-state index in [4.69, 9.17) is 15.1 Å². The maximum Gasteiger partial charge on any atom is 0.244 e. The van der Waals surface area contributed by atoms with Gasteiger partial charge in [0.2, 0.25) is 5.91 Å². The summed E-state index contributed by atoms with van der Waals surface area (Å²) in [5.74, 6) is 1.76. The summed E-state index contributed by atoms with van der Waals surface area (Å²) in [6.07, 6.45) is 7.92. The van der Waals surface area contributed by atoms with Crippen molar-refractivity contribution in [3.63, 3.8) is 0 Å². The van der Waals surface area contributed by atoms with Crippen LogP contribution in [0.15, 0.2) is 12.4 Å². The van der Waals surface area contributed by atoms with Crippen molar-refractivity contribution in [1.29, 1.82) is 5.41 Å². The number of rotatable bonds is 6. The Balaban J connectivity index is 1.46. The monoisotopic (exact) mass is 465 g/mol. The van der Waals surface area contributed by atoms with Crippen molar-refractivity contribution in [2.24, 2.45) is 5.92 Å². The summed E-state index contributed by atoms with van der Waals surface area (Å²) in [4.78, 5) is 22.6. The van der Waals surface area contributed by atoms with Gasteiger partial charge in [-0.3, -0.25) is 4.79 Å². The molecule has 9 heteroatoms. The van der Waals surface area contributed by atoms with Crippen LogP contribution in [0.2, 0.25) is 0 Å². The highest BCUT2D eigenvalue weighted by Gasteiger charge is 2.39. The van der Waals surface area contributed by atoms with Gasteiger partial charge in [-0.1, -0.05) is 19.1 Å². The van der Waals surface area contributed by atoms with E-state index in [1.807, 2.05) is 4.90 Å². The van der Waals surface area contributed by atoms with Crippen LogP contribution in [-0.2, 0) is 29.1 Å². The molecule has 4 heterocycles. The third kappa shape index (κ3) is 4.33. The van der Waals surface area contributed by atoms with Crippen LogP contribution in [0.5, 0.6) is 0 Å². The number of aromatic nitrogens is 4. The highest BCUT2D eigenvalue weighted by Crippen LogP contribution is 2.45. The highest BCUT2D eigenvalue weighted by atomic mass is 16.5. The number of ether oxygens (including phenoxy) is 1. The molecule has 1 saturated carbocycles. The zero-order valence-electron chi connectivity index (χ0n) is 20.6. The maximum absolute atomic E-state index is 13.1. The van der Waals surface area contributed by atoms with E-state index in [1.165, 1.54) is 30.2 Å². The molecule has 0 bridgehead atoms. The van der Waals surface area contributed by atoms with E-state index in [1.54, 1.807) is 17.1 Å². The summed E-state index contributed by atoms with van der Waals surface area (Å²) in [6.45, 7) is 11.4. The van der Waals surface area contributed by atoms with Crippen molar-refractivity contribution < 1.29 is 9.53 Å². The standard InChI is InChI=1S/C25H35N7O2/c1-16(2)21-13-30(9-10-32(21)22(33)14-31-8-7-27-29-31)24-19(12-26)18-11-25(3,4)34-15-20(18)23(28-24)17-5-6-17/h7-8,12,16-17,21,26H,5-6,9-11,13-15H2,1-4H3/t21-/m0/s1. The second-order valence-electron chi connectivity index (χ2n) is 10.8. The Labute approximate surface area is 201 Å². The second kappa shape index (κ2) is 8.76. The summed E-state index contributed by atoms with van der Waals surface area (Å²) in [7, 11) is 0. The van der Waals surface area contributed by atoms with E-state index in [9.17, 15) is 4.79 Å². The Morgan fingerprint density at radius 1 is 1.29 bits per heavy atom. The van der Waals surface area contributed by atoms with Gasteiger partial charge in [-0.15, -0.1) is 5.10 Å². The fourth-order valence-electron chi connectivity index (χ4n) is 5.32. The molecule has 0 unspecified atom stereocenters. The minimum atomic E-state index is -0.253. The maximum atomic E-state index is 13.1. The number of nitrogens with zero attached hydrogens (tertiary/aromatic N) is 6. The fraction of sp³-hybridized carbons (Fsp3) is 0.640. The number of carbonyl (C=O) groups excluding carboxylic acids is 1. The molecule has 34 heavy (non-hydrogen) atoms. The zero-order chi connectivity index (χ0) is 24.0. The third-order valence-electron chi connectivity index (χ3n) is 7.36. The first kappa shape index (κ1) is 23.0. The number of hydrogen-bond donors (Lipinski definition) is 1. The lowest BCUT2D eigenvalue weighted by Gasteiger charge is -2.45. The van der Waals surface area contributed by atoms with Crippen LogP contribution in [-0.4, -0.2) is 68.3 Å². The molecule has 0 radical (unpaired) electrons. The topological polar surface area (TPSA) is 100 Å². The summed E-state index contributed by atoms with van der Waals surface area (Å²) in [5.41, 5.74) is 4.25. The second-order valence-corrected chi connectivity index (χ2v) is 10.8. The lowest BCUT2D eigenvalue weighted by Crippen LogP contribution is -2.58. The van der Waals surface area contributed by atoms with Gasteiger partial charge in [0.25, 0.3) is 0 Å². The van der Waals surface area contributed by atoms with E-state index >= 15 is 0 Å². The molecule has 2 aliphatic heterocycles. The summed E-state index contributed by atoms with van der Waals surface area (Å²) < 4.78 is 7.72. The molecule has 5 rings (SSSR count). The molecule has 9 nitrogen and oxygen atoms in total. The molecule has 1 atom stereocenters. The van der Waals surface area contributed by atoms with Crippen molar-refractivity contribution in [3.8, 4) is 0 Å². The molecule has 1 aliphatic carbocycles. The molecule has 182 valence electrons. The number of nitrogens with one attached hydrogen (secondary N) is 1. The van der Waals surface area contributed by atoms with Crippen LogP contribution in [0.4, 0.5) is 5.82 Å². The molecule has 2 aromatic rings. The van der Waals surface area contributed by atoms with Crippen molar-refractivity contribution in [2.45, 2.75) is 77.7 Å². The van der Waals surface area contributed by atoms with E-state index in [0.717, 1.165) is 23.5 Å². The molecule has 2 aromatic heterocycles. The number of pyridine rings is 1. The smallest absolute Gasteiger partial charge is 0.244 e. The van der Waals surface area contributed by atoms with E-state index in [2.05, 4.69) is 42.9 Å². The Kier molecular flexibility index (Phi) is 5.91. The predicted molar refractivity (Wildman–Crippen MR) is 129 cm³/mol. The first-order valence-corrected chi connectivity index (χ1v) is 12.4. The Morgan fingerprint density at radius 3 is 2.74 bits per heavy atom. The normalized spacial score (nSPS) is 22.1. The first-order chi connectivity index (χ1) is 16.3. The average Bonchev–Trinajstić information content (AvgIpc) is 3.53. The SMILES string of the molecule is CC(C)[C@@H]1CN(c2nc(C3CC3)c3c(c2C=N)CC(C)(C)OC3)CCN1C(=O)Cn1ccnn1. The van der Waals surface area contributed by atoms with Gasteiger partial charge in [-0.25, -0.2) is 9.67 Å². The van der Waals surface area contributed by atoms with Crippen LogP contribution in [0, 0.1) is 11.3 Å². The number of fused-ring (bicyclic) bond motifs is 1. The van der Waals surface area contributed by atoms with E-state index < -0.39 is 0 Å². The summed E-state index contributed by atoms with van der Waals surface area (Å²) in [5, 5.41) is 16.1. The molecule has 1 saturated heterocycles. The minimum absolute atomic E-state index is 0.0605. The van der Waals surface area contributed by atoms with Crippen LogP contribution in [0.25, 0.3) is 0 Å². The number of anilines is 1. The van der Waals surface area contributed by atoms with Crippen LogP contribution in [0.3, 0.4) is 0 Å². The summed E-state index contributed by atoms with van der Waals surface area (Å²) in [6, 6.07) is 0.0605. The fourth-order valence-corrected chi connectivity index (χ4v) is 5.32. The molecule has 2 fully saturated rings.